The molecule has 0 heterocycles. The van der Waals surface area contributed by atoms with Crippen molar-refractivity contribution in [3.8, 4) is 0 Å². The summed E-state index contributed by atoms with van der Waals surface area (Å²) in [4.78, 5) is 0. The highest BCUT2D eigenvalue weighted by molar-refractivity contribution is 7.53. The monoisotopic (exact) mass is 216 g/mol. The Balaban J connectivity index is 3.99. The highest BCUT2D eigenvalue weighted by Crippen LogP contribution is 2.48. The Labute approximate surface area is 77.0 Å². The Bertz CT molecular complexity index is 165. The predicted octanol–water partition coefficient (Wildman–Crippen LogP) is 2.91. The minimum atomic E-state index is -3.25. The Morgan fingerprint density at radius 1 is 1.23 bits per heavy atom. The Kier molecular flexibility index (Phi) is 6.47. The molecule has 0 N–H and O–H groups in total. The molecule has 80 valence electrons. The van der Waals surface area contributed by atoms with Crippen LogP contribution in [-0.2, 0) is 13.6 Å². The Morgan fingerprint density at radius 3 is 2.00 bits per heavy atom. The molecular formula is C7H15F2O3P. The summed E-state index contributed by atoms with van der Waals surface area (Å²) in [5.74, 6) is 0. The third-order valence-corrected chi connectivity index (χ3v) is 3.38. The molecule has 0 spiro atoms. The smallest absolute Gasteiger partial charge is 0.309 e. The summed E-state index contributed by atoms with van der Waals surface area (Å²) in [5.41, 5.74) is 0. The van der Waals surface area contributed by atoms with Gasteiger partial charge in [0.25, 0.3) is 0 Å². The van der Waals surface area contributed by atoms with Crippen molar-refractivity contribution in [3.05, 3.63) is 0 Å². The first-order chi connectivity index (χ1) is 6.04. The van der Waals surface area contributed by atoms with E-state index in [1.807, 2.05) is 0 Å². The number of rotatable bonds is 7. The molecule has 0 unspecified atom stereocenters. The van der Waals surface area contributed by atoms with E-state index in [0.717, 1.165) is 0 Å². The van der Waals surface area contributed by atoms with Crippen LogP contribution < -0.4 is 0 Å². The fourth-order valence-corrected chi connectivity index (χ4v) is 2.45. The van der Waals surface area contributed by atoms with Crippen LogP contribution in [0.1, 0.15) is 20.3 Å². The summed E-state index contributed by atoms with van der Waals surface area (Å²) in [7, 11) is -3.25. The summed E-state index contributed by atoms with van der Waals surface area (Å²) >= 11 is 0. The van der Waals surface area contributed by atoms with Gasteiger partial charge in [-0.15, -0.1) is 0 Å². The van der Waals surface area contributed by atoms with E-state index < -0.39 is 20.4 Å². The maximum absolute atomic E-state index is 11.8. The van der Waals surface area contributed by atoms with E-state index in [-0.39, 0.29) is 19.4 Å². The van der Waals surface area contributed by atoms with Crippen LogP contribution in [0.15, 0.2) is 0 Å². The standard InChI is InChI=1S/C7H15F2O3P/c1-3-11-13(10,12-4-2)6-5-7(8)9/h7H,3-6H2,1-2H3. The van der Waals surface area contributed by atoms with Crippen molar-refractivity contribution in [1.29, 1.82) is 0 Å². The van der Waals surface area contributed by atoms with E-state index >= 15 is 0 Å². The average Bonchev–Trinajstić information content (AvgIpc) is 2.02. The third kappa shape index (κ3) is 6.13. The fraction of sp³-hybridized carbons (Fsp3) is 1.00. The maximum atomic E-state index is 11.8. The van der Waals surface area contributed by atoms with Crippen LogP contribution in [0.3, 0.4) is 0 Å². The number of halogens is 2. The molecule has 6 heteroatoms. The lowest BCUT2D eigenvalue weighted by molar-refractivity contribution is 0.139. The van der Waals surface area contributed by atoms with E-state index in [9.17, 15) is 13.3 Å². The molecule has 0 atom stereocenters. The number of hydrogen-bond acceptors (Lipinski definition) is 3. The number of alkyl halides is 2. The van der Waals surface area contributed by atoms with Gasteiger partial charge in [0.15, 0.2) is 0 Å². The van der Waals surface area contributed by atoms with E-state index in [1.54, 1.807) is 13.8 Å². The van der Waals surface area contributed by atoms with Crippen LogP contribution in [0, 0.1) is 0 Å². The topological polar surface area (TPSA) is 35.5 Å². The molecule has 0 bridgehead atoms. The van der Waals surface area contributed by atoms with Crippen molar-refractivity contribution in [2.75, 3.05) is 19.4 Å². The van der Waals surface area contributed by atoms with Gasteiger partial charge in [0.05, 0.1) is 19.4 Å². The predicted molar refractivity (Wildman–Crippen MR) is 46.3 cm³/mol. The minimum absolute atomic E-state index is 0.209. The largest absolute Gasteiger partial charge is 0.330 e. The van der Waals surface area contributed by atoms with Crippen molar-refractivity contribution >= 4 is 7.60 Å². The van der Waals surface area contributed by atoms with Gasteiger partial charge in [-0.3, -0.25) is 4.57 Å². The zero-order valence-electron chi connectivity index (χ0n) is 7.83. The van der Waals surface area contributed by atoms with Crippen LogP contribution in [0.5, 0.6) is 0 Å². The van der Waals surface area contributed by atoms with Crippen LogP contribution in [0.2, 0.25) is 0 Å². The van der Waals surface area contributed by atoms with Gasteiger partial charge in [0, 0.05) is 6.42 Å². The minimum Gasteiger partial charge on any atom is -0.309 e. The lowest BCUT2D eigenvalue weighted by atomic mass is 10.5. The zero-order valence-corrected chi connectivity index (χ0v) is 8.73. The van der Waals surface area contributed by atoms with Gasteiger partial charge >= 0.3 is 7.60 Å². The summed E-state index contributed by atoms with van der Waals surface area (Å²) in [6.45, 7) is 3.71. The van der Waals surface area contributed by atoms with Crippen molar-refractivity contribution in [2.45, 2.75) is 26.7 Å². The molecule has 0 aliphatic carbocycles. The van der Waals surface area contributed by atoms with E-state index in [1.165, 1.54) is 0 Å². The Morgan fingerprint density at radius 2 is 1.69 bits per heavy atom. The molecular weight excluding hydrogens is 201 g/mol. The fourth-order valence-electron chi connectivity index (χ4n) is 0.815. The second-order valence-electron chi connectivity index (χ2n) is 2.35. The van der Waals surface area contributed by atoms with Crippen LogP contribution in [0.25, 0.3) is 0 Å². The van der Waals surface area contributed by atoms with Gasteiger partial charge in [0.2, 0.25) is 6.43 Å². The summed E-state index contributed by atoms with van der Waals surface area (Å²) in [6.07, 6.45) is -3.13. The van der Waals surface area contributed by atoms with Gasteiger partial charge in [-0.2, -0.15) is 0 Å². The van der Waals surface area contributed by atoms with Gasteiger partial charge in [-0.1, -0.05) is 0 Å². The molecule has 13 heavy (non-hydrogen) atoms. The van der Waals surface area contributed by atoms with E-state index in [4.69, 9.17) is 9.05 Å². The maximum Gasteiger partial charge on any atom is 0.330 e. The summed E-state index contributed by atoms with van der Waals surface area (Å²) in [6, 6.07) is 0. The first-order valence-corrected chi connectivity index (χ1v) is 5.93. The molecule has 0 amide bonds. The van der Waals surface area contributed by atoms with Gasteiger partial charge in [0.1, 0.15) is 0 Å². The Hall–Kier alpha value is 0.01000. The molecule has 0 rings (SSSR count). The quantitative estimate of drug-likeness (QED) is 0.614. The molecule has 0 aromatic carbocycles. The third-order valence-electron chi connectivity index (χ3n) is 1.27. The normalized spacial score (nSPS) is 12.4. The van der Waals surface area contributed by atoms with E-state index in [2.05, 4.69) is 0 Å². The van der Waals surface area contributed by atoms with Crippen molar-refractivity contribution in [1.82, 2.24) is 0 Å². The second-order valence-corrected chi connectivity index (χ2v) is 4.54. The molecule has 0 aromatic heterocycles. The van der Waals surface area contributed by atoms with Crippen LogP contribution in [-0.4, -0.2) is 25.8 Å². The highest BCUT2D eigenvalue weighted by atomic mass is 31.2. The average molecular weight is 216 g/mol. The summed E-state index contributed by atoms with van der Waals surface area (Å²) in [5, 5.41) is 0. The second kappa shape index (κ2) is 6.46. The molecule has 0 aliphatic rings. The molecule has 0 saturated carbocycles. The van der Waals surface area contributed by atoms with Crippen molar-refractivity contribution in [3.63, 3.8) is 0 Å². The van der Waals surface area contributed by atoms with E-state index in [0.29, 0.717) is 0 Å². The SMILES string of the molecule is CCOP(=O)(CCC(F)F)OCC. The molecule has 0 saturated heterocycles. The summed E-state index contributed by atoms with van der Waals surface area (Å²) < 4.78 is 44.8. The number of hydrogen-bond donors (Lipinski definition) is 0. The van der Waals surface area contributed by atoms with Gasteiger partial charge in [-0.25, -0.2) is 8.78 Å². The molecule has 0 radical (unpaired) electrons. The van der Waals surface area contributed by atoms with Crippen molar-refractivity contribution < 1.29 is 22.4 Å². The molecule has 3 nitrogen and oxygen atoms in total. The van der Waals surface area contributed by atoms with Gasteiger partial charge in [-0.05, 0) is 13.8 Å². The first-order valence-electron chi connectivity index (χ1n) is 4.20. The first kappa shape index (κ1) is 13.0. The van der Waals surface area contributed by atoms with Crippen LogP contribution >= 0.6 is 7.60 Å². The lowest BCUT2D eigenvalue weighted by Crippen LogP contribution is -2.03. The van der Waals surface area contributed by atoms with Gasteiger partial charge < -0.3 is 9.05 Å². The molecule has 0 aromatic rings. The zero-order chi connectivity index (χ0) is 10.3. The molecule has 0 aliphatic heterocycles. The highest BCUT2D eigenvalue weighted by Gasteiger charge is 2.24. The van der Waals surface area contributed by atoms with Crippen LogP contribution in [0.4, 0.5) is 8.78 Å². The lowest BCUT2D eigenvalue weighted by Gasteiger charge is -2.16. The molecule has 0 fully saturated rings. The van der Waals surface area contributed by atoms with Crippen molar-refractivity contribution in [2.24, 2.45) is 0 Å².